The average molecular weight is 256 g/mol. The molecule has 18 heavy (non-hydrogen) atoms. The number of carbonyl (C=O) groups is 2. The van der Waals surface area contributed by atoms with E-state index in [-0.39, 0.29) is 18.0 Å². The molecule has 1 aliphatic rings. The summed E-state index contributed by atoms with van der Waals surface area (Å²) in [7, 11) is 0. The van der Waals surface area contributed by atoms with Crippen LogP contribution in [0.3, 0.4) is 0 Å². The molecule has 3 N–H and O–H groups in total. The number of hydrogen-bond acceptors (Lipinski definition) is 3. The van der Waals surface area contributed by atoms with Gasteiger partial charge in [0.1, 0.15) is 0 Å². The highest BCUT2D eigenvalue weighted by atomic mass is 16.2. The van der Waals surface area contributed by atoms with Crippen molar-refractivity contribution in [3.05, 3.63) is 0 Å². The summed E-state index contributed by atoms with van der Waals surface area (Å²) in [6.07, 6.45) is 2.01. The zero-order valence-corrected chi connectivity index (χ0v) is 11.3. The lowest BCUT2D eigenvalue weighted by molar-refractivity contribution is -0.118. The summed E-state index contributed by atoms with van der Waals surface area (Å²) in [6.45, 7) is 7.72. The number of rotatable bonds is 5. The minimum Gasteiger partial charge on any atom is -0.355 e. The van der Waals surface area contributed by atoms with Gasteiger partial charge in [0.05, 0.1) is 0 Å². The van der Waals surface area contributed by atoms with E-state index >= 15 is 0 Å². The minimum atomic E-state index is -0.143. The summed E-state index contributed by atoms with van der Waals surface area (Å²) < 4.78 is 0. The third-order valence-electron chi connectivity index (χ3n) is 3.15. The van der Waals surface area contributed by atoms with Crippen LogP contribution in [0, 0.1) is 0 Å². The fourth-order valence-electron chi connectivity index (χ4n) is 2.04. The average Bonchev–Trinajstić information content (AvgIpc) is 2.35. The maximum absolute atomic E-state index is 11.6. The van der Waals surface area contributed by atoms with Crippen molar-refractivity contribution in [3.8, 4) is 0 Å². The highest BCUT2D eigenvalue weighted by Crippen LogP contribution is 2.09. The Hall–Kier alpha value is -1.30. The predicted octanol–water partition coefficient (Wildman–Crippen LogP) is -0.0940. The lowest BCUT2D eigenvalue weighted by Crippen LogP contribution is -2.48. The highest BCUT2D eigenvalue weighted by molar-refractivity contribution is 5.74. The van der Waals surface area contributed by atoms with Crippen molar-refractivity contribution in [3.63, 3.8) is 0 Å². The van der Waals surface area contributed by atoms with Crippen molar-refractivity contribution in [2.24, 2.45) is 0 Å². The summed E-state index contributed by atoms with van der Waals surface area (Å²) >= 11 is 0. The highest BCUT2D eigenvalue weighted by Gasteiger charge is 2.19. The standard InChI is InChI=1S/C12H24N4O2/c1-3-16-8-4-11(5-9-16)15-12(18)14-7-6-13-10(2)17/h11H,3-9H2,1-2H3,(H,13,17)(H2,14,15,18). The third-order valence-corrected chi connectivity index (χ3v) is 3.15. The number of carbonyl (C=O) groups excluding carboxylic acids is 2. The second kappa shape index (κ2) is 7.92. The third kappa shape index (κ3) is 5.86. The SMILES string of the molecule is CCN1CCC(NC(=O)NCCNC(C)=O)CC1. The fourth-order valence-corrected chi connectivity index (χ4v) is 2.04. The molecular weight excluding hydrogens is 232 g/mol. The van der Waals surface area contributed by atoms with Crippen LogP contribution in [0.1, 0.15) is 26.7 Å². The molecule has 3 amide bonds. The van der Waals surface area contributed by atoms with E-state index in [4.69, 9.17) is 0 Å². The van der Waals surface area contributed by atoms with Crippen LogP contribution >= 0.6 is 0 Å². The quantitative estimate of drug-likeness (QED) is 0.602. The van der Waals surface area contributed by atoms with Crippen LogP contribution < -0.4 is 16.0 Å². The number of nitrogens with one attached hydrogen (secondary N) is 3. The van der Waals surface area contributed by atoms with Gasteiger partial charge in [-0.05, 0) is 19.4 Å². The number of likely N-dealkylation sites (tertiary alicyclic amines) is 1. The second-order valence-corrected chi connectivity index (χ2v) is 4.59. The van der Waals surface area contributed by atoms with E-state index in [1.54, 1.807) is 0 Å². The van der Waals surface area contributed by atoms with Crippen molar-refractivity contribution in [2.45, 2.75) is 32.7 Å². The molecule has 0 aromatic carbocycles. The van der Waals surface area contributed by atoms with Crippen LogP contribution in [0.2, 0.25) is 0 Å². The van der Waals surface area contributed by atoms with Gasteiger partial charge in [0, 0.05) is 39.1 Å². The summed E-state index contributed by atoms with van der Waals surface area (Å²) in [5, 5.41) is 8.32. The Morgan fingerprint density at radius 2 is 1.78 bits per heavy atom. The normalized spacial score (nSPS) is 17.2. The first-order valence-corrected chi connectivity index (χ1v) is 6.63. The molecule has 1 heterocycles. The Morgan fingerprint density at radius 1 is 1.17 bits per heavy atom. The Balaban J connectivity index is 2.08. The molecule has 0 saturated carbocycles. The van der Waals surface area contributed by atoms with Crippen LogP contribution in [0.25, 0.3) is 0 Å². The van der Waals surface area contributed by atoms with Gasteiger partial charge in [-0.25, -0.2) is 4.79 Å². The Morgan fingerprint density at radius 3 is 2.33 bits per heavy atom. The summed E-state index contributed by atoms with van der Waals surface area (Å²) in [5.41, 5.74) is 0. The van der Waals surface area contributed by atoms with Crippen LogP contribution in [0.4, 0.5) is 4.79 Å². The lowest BCUT2D eigenvalue weighted by Gasteiger charge is -2.31. The summed E-state index contributed by atoms with van der Waals surface area (Å²) in [6, 6.07) is 0.129. The Kier molecular flexibility index (Phi) is 6.49. The molecule has 0 atom stereocenters. The minimum absolute atomic E-state index is 0.0795. The van der Waals surface area contributed by atoms with Crippen LogP contribution in [-0.4, -0.2) is 55.6 Å². The first-order valence-electron chi connectivity index (χ1n) is 6.63. The molecule has 0 aliphatic carbocycles. The van der Waals surface area contributed by atoms with Crippen molar-refractivity contribution >= 4 is 11.9 Å². The zero-order valence-electron chi connectivity index (χ0n) is 11.3. The Bertz CT molecular complexity index is 275. The van der Waals surface area contributed by atoms with Gasteiger partial charge in [-0.15, -0.1) is 0 Å². The van der Waals surface area contributed by atoms with Crippen LogP contribution in [0.5, 0.6) is 0 Å². The zero-order chi connectivity index (χ0) is 13.4. The van der Waals surface area contributed by atoms with Crippen LogP contribution in [0.15, 0.2) is 0 Å². The molecule has 6 nitrogen and oxygen atoms in total. The Labute approximate surface area is 108 Å². The molecule has 0 aromatic rings. The predicted molar refractivity (Wildman–Crippen MR) is 70.4 cm³/mol. The number of piperidine rings is 1. The van der Waals surface area contributed by atoms with Gasteiger partial charge < -0.3 is 20.9 Å². The van der Waals surface area contributed by atoms with E-state index in [0.29, 0.717) is 13.1 Å². The van der Waals surface area contributed by atoms with E-state index in [0.717, 1.165) is 32.5 Å². The molecule has 104 valence electrons. The van der Waals surface area contributed by atoms with Gasteiger partial charge in [-0.2, -0.15) is 0 Å². The number of urea groups is 1. The maximum Gasteiger partial charge on any atom is 0.315 e. The van der Waals surface area contributed by atoms with Gasteiger partial charge >= 0.3 is 6.03 Å². The molecule has 0 radical (unpaired) electrons. The first-order chi connectivity index (χ1) is 8.61. The van der Waals surface area contributed by atoms with E-state index in [1.165, 1.54) is 6.92 Å². The smallest absolute Gasteiger partial charge is 0.315 e. The molecule has 0 bridgehead atoms. The van der Waals surface area contributed by atoms with E-state index in [9.17, 15) is 9.59 Å². The summed E-state index contributed by atoms with van der Waals surface area (Å²) in [4.78, 5) is 24.6. The van der Waals surface area contributed by atoms with Gasteiger partial charge in [-0.1, -0.05) is 6.92 Å². The summed E-state index contributed by atoms with van der Waals surface area (Å²) in [5.74, 6) is -0.0795. The number of hydrogen-bond donors (Lipinski definition) is 3. The largest absolute Gasteiger partial charge is 0.355 e. The molecule has 1 fully saturated rings. The van der Waals surface area contributed by atoms with E-state index in [1.807, 2.05) is 0 Å². The molecule has 0 aromatic heterocycles. The molecule has 1 aliphatic heterocycles. The topological polar surface area (TPSA) is 73.5 Å². The molecule has 6 heteroatoms. The van der Waals surface area contributed by atoms with Crippen molar-refractivity contribution in [1.29, 1.82) is 0 Å². The monoisotopic (exact) mass is 256 g/mol. The molecule has 1 rings (SSSR count). The number of nitrogens with zero attached hydrogens (tertiary/aromatic N) is 1. The molecule has 1 saturated heterocycles. The van der Waals surface area contributed by atoms with Gasteiger partial charge in [0.2, 0.25) is 5.91 Å². The fraction of sp³-hybridized carbons (Fsp3) is 0.833. The van der Waals surface area contributed by atoms with Gasteiger partial charge in [0.15, 0.2) is 0 Å². The molecule has 0 spiro atoms. The molecule has 0 unspecified atom stereocenters. The van der Waals surface area contributed by atoms with E-state index < -0.39 is 0 Å². The first kappa shape index (κ1) is 14.8. The van der Waals surface area contributed by atoms with Crippen molar-refractivity contribution in [2.75, 3.05) is 32.7 Å². The second-order valence-electron chi connectivity index (χ2n) is 4.59. The number of amides is 3. The van der Waals surface area contributed by atoms with Crippen molar-refractivity contribution in [1.82, 2.24) is 20.9 Å². The van der Waals surface area contributed by atoms with Crippen LogP contribution in [-0.2, 0) is 4.79 Å². The van der Waals surface area contributed by atoms with Gasteiger partial charge in [0.25, 0.3) is 0 Å². The lowest BCUT2D eigenvalue weighted by atomic mass is 10.1. The van der Waals surface area contributed by atoms with Gasteiger partial charge in [-0.3, -0.25) is 4.79 Å². The molecular formula is C12H24N4O2. The maximum atomic E-state index is 11.6. The van der Waals surface area contributed by atoms with E-state index in [2.05, 4.69) is 27.8 Å². The van der Waals surface area contributed by atoms with Crippen molar-refractivity contribution < 1.29 is 9.59 Å².